The van der Waals surface area contributed by atoms with Crippen molar-refractivity contribution < 1.29 is 26.0 Å². The molecule has 1 unspecified atom stereocenters. The van der Waals surface area contributed by atoms with Gasteiger partial charge in [-0.15, -0.1) is 0 Å². The number of rotatable bonds is 9. The summed E-state index contributed by atoms with van der Waals surface area (Å²) < 4.78 is 66.7. The third kappa shape index (κ3) is 8.89. The van der Waals surface area contributed by atoms with Crippen LogP contribution in [0.4, 0.5) is 13.2 Å². The Morgan fingerprint density at radius 2 is 2.00 bits per heavy atom. The zero-order valence-corrected chi connectivity index (χ0v) is 17.7. The first kappa shape index (κ1) is 23.8. The molecule has 2 N–H and O–H groups in total. The van der Waals surface area contributed by atoms with Crippen LogP contribution in [0, 0.1) is 0 Å². The number of benzene rings is 1. The maximum absolute atomic E-state index is 12.9. The summed E-state index contributed by atoms with van der Waals surface area (Å²) >= 11 is 0. The number of halogens is 3. The highest BCUT2D eigenvalue weighted by atomic mass is 32.2. The minimum absolute atomic E-state index is 0.0223. The van der Waals surface area contributed by atoms with Crippen LogP contribution in [0.15, 0.2) is 52.1 Å². The number of hydrogen-bond acceptors (Lipinski definition) is 4. The molecule has 2 aromatic rings. The summed E-state index contributed by atoms with van der Waals surface area (Å²) in [5.74, 6) is 1.19. The van der Waals surface area contributed by atoms with E-state index in [0.717, 1.165) is 17.9 Å². The highest BCUT2D eigenvalue weighted by Gasteiger charge is 2.30. The Labute approximate surface area is 174 Å². The zero-order valence-electron chi connectivity index (χ0n) is 16.9. The summed E-state index contributed by atoms with van der Waals surface area (Å²) in [5, 5.41) is 6.21. The van der Waals surface area contributed by atoms with Gasteiger partial charge in [-0.2, -0.15) is 13.2 Å². The van der Waals surface area contributed by atoms with Gasteiger partial charge in [0.25, 0.3) is 0 Å². The van der Waals surface area contributed by atoms with Gasteiger partial charge in [-0.25, -0.2) is 13.4 Å². The van der Waals surface area contributed by atoms with E-state index in [1.807, 2.05) is 13.0 Å². The molecule has 0 aliphatic carbocycles. The zero-order chi connectivity index (χ0) is 22.2. The molecular formula is C20H26F3N3O3S. The number of guanidine groups is 1. The number of nitrogens with one attached hydrogen (secondary N) is 2. The Bertz CT molecular complexity index is 926. The first-order valence-electron chi connectivity index (χ1n) is 9.44. The normalized spacial score (nSPS) is 13.8. The predicted octanol–water partition coefficient (Wildman–Crippen LogP) is 3.40. The van der Waals surface area contributed by atoms with Crippen LogP contribution in [0.3, 0.4) is 0 Å². The topological polar surface area (TPSA) is 83.7 Å². The van der Waals surface area contributed by atoms with Crippen LogP contribution in [0.1, 0.15) is 30.2 Å². The quantitative estimate of drug-likeness (QED) is 0.457. The molecule has 0 fully saturated rings. The number of hydrogen-bond donors (Lipinski definition) is 2. The van der Waals surface area contributed by atoms with Crippen LogP contribution in [0.2, 0.25) is 0 Å². The standard InChI is InChI=1S/C20H26F3N3O3S/c1-15(9-12-30(2,27)28)26-19(24-10-8-18-7-4-11-29-18)25-14-16-5-3-6-17(13-16)20(21,22)23/h3-7,11,13,15H,8-10,12,14H2,1-2H3,(H2,24,25,26). The van der Waals surface area contributed by atoms with E-state index in [4.69, 9.17) is 4.42 Å². The second kappa shape index (κ2) is 10.5. The molecule has 0 aliphatic rings. The fourth-order valence-corrected chi connectivity index (χ4v) is 3.41. The molecule has 0 spiro atoms. The second-order valence-corrected chi connectivity index (χ2v) is 9.34. The van der Waals surface area contributed by atoms with Crippen LogP contribution in [0.5, 0.6) is 0 Å². The number of furan rings is 1. The second-order valence-electron chi connectivity index (χ2n) is 7.08. The Hall–Kier alpha value is -2.49. The fourth-order valence-electron chi connectivity index (χ4n) is 2.62. The van der Waals surface area contributed by atoms with Crippen LogP contribution < -0.4 is 10.6 Å². The number of alkyl halides is 3. The van der Waals surface area contributed by atoms with Gasteiger partial charge in [0.15, 0.2) is 5.96 Å². The first-order chi connectivity index (χ1) is 14.0. The highest BCUT2D eigenvalue weighted by molar-refractivity contribution is 7.90. The van der Waals surface area contributed by atoms with Crippen molar-refractivity contribution in [2.24, 2.45) is 4.99 Å². The minimum atomic E-state index is -4.41. The Balaban J connectivity index is 2.04. The van der Waals surface area contributed by atoms with Crippen LogP contribution in [0.25, 0.3) is 0 Å². The molecule has 1 atom stereocenters. The van der Waals surface area contributed by atoms with Crippen molar-refractivity contribution in [3.05, 3.63) is 59.5 Å². The lowest BCUT2D eigenvalue weighted by Crippen LogP contribution is -2.43. The van der Waals surface area contributed by atoms with Gasteiger partial charge in [0, 0.05) is 25.3 Å². The molecule has 1 aromatic heterocycles. The molecule has 0 amide bonds. The molecule has 2 rings (SSSR count). The molecular weight excluding hydrogens is 419 g/mol. The van der Waals surface area contributed by atoms with Crippen LogP contribution in [-0.2, 0) is 29.0 Å². The predicted molar refractivity (Wildman–Crippen MR) is 110 cm³/mol. The van der Waals surface area contributed by atoms with E-state index in [1.165, 1.54) is 12.3 Å². The molecule has 0 saturated heterocycles. The average Bonchev–Trinajstić information content (AvgIpc) is 3.17. The van der Waals surface area contributed by atoms with Gasteiger partial charge in [0.05, 0.1) is 24.1 Å². The maximum atomic E-state index is 12.9. The van der Waals surface area contributed by atoms with Crippen LogP contribution in [-0.4, -0.2) is 39.0 Å². The molecule has 0 radical (unpaired) electrons. The molecule has 0 bridgehead atoms. The smallest absolute Gasteiger partial charge is 0.416 e. The molecule has 10 heteroatoms. The van der Waals surface area contributed by atoms with E-state index in [9.17, 15) is 21.6 Å². The number of nitrogens with zero attached hydrogens (tertiary/aromatic N) is 1. The number of aliphatic imine (C=N–C) groups is 1. The van der Waals surface area contributed by atoms with Gasteiger partial charge in [0.2, 0.25) is 0 Å². The van der Waals surface area contributed by atoms with Crippen molar-refractivity contribution in [2.75, 3.05) is 18.6 Å². The van der Waals surface area contributed by atoms with Gasteiger partial charge < -0.3 is 15.1 Å². The average molecular weight is 446 g/mol. The molecule has 1 heterocycles. The Morgan fingerprint density at radius 1 is 1.23 bits per heavy atom. The molecule has 166 valence electrons. The maximum Gasteiger partial charge on any atom is 0.416 e. The van der Waals surface area contributed by atoms with Gasteiger partial charge in [-0.3, -0.25) is 0 Å². The van der Waals surface area contributed by atoms with Crippen molar-refractivity contribution in [3.63, 3.8) is 0 Å². The minimum Gasteiger partial charge on any atom is -0.469 e. The number of sulfone groups is 1. The molecule has 0 aliphatic heterocycles. The Morgan fingerprint density at radius 3 is 2.63 bits per heavy atom. The van der Waals surface area contributed by atoms with Crippen molar-refractivity contribution in [2.45, 2.75) is 38.5 Å². The molecule has 0 saturated carbocycles. The van der Waals surface area contributed by atoms with Crippen molar-refractivity contribution in [1.29, 1.82) is 0 Å². The largest absolute Gasteiger partial charge is 0.469 e. The summed E-state index contributed by atoms with van der Waals surface area (Å²) in [7, 11) is -3.09. The van der Waals surface area contributed by atoms with Crippen LogP contribution >= 0.6 is 0 Å². The van der Waals surface area contributed by atoms with E-state index >= 15 is 0 Å². The lowest BCUT2D eigenvalue weighted by Gasteiger charge is -2.18. The molecule has 30 heavy (non-hydrogen) atoms. The lowest BCUT2D eigenvalue weighted by atomic mass is 10.1. The molecule has 1 aromatic carbocycles. The highest BCUT2D eigenvalue weighted by Crippen LogP contribution is 2.29. The van der Waals surface area contributed by atoms with E-state index in [2.05, 4.69) is 15.6 Å². The van der Waals surface area contributed by atoms with E-state index < -0.39 is 21.6 Å². The summed E-state index contributed by atoms with van der Waals surface area (Å²) in [6, 6.07) is 8.42. The van der Waals surface area contributed by atoms with E-state index in [-0.39, 0.29) is 18.3 Å². The summed E-state index contributed by atoms with van der Waals surface area (Å²) in [4.78, 5) is 4.37. The van der Waals surface area contributed by atoms with Gasteiger partial charge in [-0.1, -0.05) is 12.1 Å². The molecule has 6 nitrogen and oxygen atoms in total. The SMILES string of the molecule is CC(CCS(C)(=O)=O)NC(=NCc1cccc(C(F)(F)F)c1)NCCc1ccco1. The summed E-state index contributed by atoms with van der Waals surface area (Å²) in [6.07, 6.45) is -0.702. The monoisotopic (exact) mass is 445 g/mol. The third-order valence-electron chi connectivity index (χ3n) is 4.22. The van der Waals surface area contributed by atoms with E-state index in [1.54, 1.807) is 18.4 Å². The Kier molecular flexibility index (Phi) is 8.33. The summed E-state index contributed by atoms with van der Waals surface area (Å²) in [5.41, 5.74) is -0.308. The van der Waals surface area contributed by atoms with Crippen molar-refractivity contribution >= 4 is 15.8 Å². The lowest BCUT2D eigenvalue weighted by molar-refractivity contribution is -0.137. The first-order valence-corrected chi connectivity index (χ1v) is 11.5. The van der Waals surface area contributed by atoms with Crippen molar-refractivity contribution in [1.82, 2.24) is 10.6 Å². The van der Waals surface area contributed by atoms with E-state index in [0.29, 0.717) is 30.9 Å². The third-order valence-corrected chi connectivity index (χ3v) is 5.20. The van der Waals surface area contributed by atoms with Gasteiger partial charge in [-0.05, 0) is 43.2 Å². The van der Waals surface area contributed by atoms with Gasteiger partial charge in [0.1, 0.15) is 15.6 Å². The van der Waals surface area contributed by atoms with Crippen molar-refractivity contribution in [3.8, 4) is 0 Å². The van der Waals surface area contributed by atoms with Gasteiger partial charge >= 0.3 is 6.18 Å². The fraction of sp³-hybridized carbons (Fsp3) is 0.450. The summed E-state index contributed by atoms with van der Waals surface area (Å²) in [6.45, 7) is 2.35.